The molecule has 1 aliphatic rings. The Bertz CT molecular complexity index is 1190. The highest BCUT2D eigenvalue weighted by atomic mass is 32.2. The number of rotatable bonds is 8. The third-order valence-electron chi connectivity index (χ3n) is 5.88. The molecule has 11 heteroatoms. The number of anilines is 1. The summed E-state index contributed by atoms with van der Waals surface area (Å²) in [4.78, 5) is 35.4. The first-order valence-electron chi connectivity index (χ1n) is 10.9. The SMILES string of the molecule is Cc1cccc(C(=O)OCC(=O)Nc2ccccc2S(=O)(=O)N(C)C2CCCCC2)c1[N+](=O)[O-]. The third-order valence-corrected chi connectivity index (χ3v) is 7.85. The molecule has 3 rings (SSSR count). The Balaban J connectivity index is 1.71. The maximum atomic E-state index is 13.2. The highest BCUT2D eigenvalue weighted by molar-refractivity contribution is 7.89. The van der Waals surface area contributed by atoms with E-state index in [1.54, 1.807) is 19.2 Å². The number of carbonyl (C=O) groups is 2. The molecule has 10 nitrogen and oxygen atoms in total. The molecule has 0 saturated heterocycles. The van der Waals surface area contributed by atoms with Gasteiger partial charge in [-0.05, 0) is 38.0 Å². The summed E-state index contributed by atoms with van der Waals surface area (Å²) in [6.07, 6.45) is 4.58. The lowest BCUT2D eigenvalue weighted by atomic mass is 9.96. The number of sulfonamides is 1. The van der Waals surface area contributed by atoms with Crippen LogP contribution >= 0.6 is 0 Å². The van der Waals surface area contributed by atoms with Gasteiger partial charge in [0.1, 0.15) is 10.5 Å². The maximum absolute atomic E-state index is 13.2. The highest BCUT2D eigenvalue weighted by Crippen LogP contribution is 2.30. The fraction of sp³-hybridized carbons (Fsp3) is 0.391. The molecular formula is C23H27N3O7S. The van der Waals surface area contributed by atoms with Gasteiger partial charge in [-0.3, -0.25) is 14.9 Å². The molecule has 0 aromatic heterocycles. The molecule has 1 saturated carbocycles. The number of esters is 1. The van der Waals surface area contributed by atoms with Gasteiger partial charge in [0.25, 0.3) is 11.6 Å². The molecule has 182 valence electrons. The monoisotopic (exact) mass is 489 g/mol. The Labute approximate surface area is 198 Å². The zero-order valence-corrected chi connectivity index (χ0v) is 19.8. The highest BCUT2D eigenvalue weighted by Gasteiger charge is 2.31. The molecule has 2 aromatic carbocycles. The Hall–Kier alpha value is -3.31. The number of hydrogen-bond donors (Lipinski definition) is 1. The van der Waals surface area contributed by atoms with Gasteiger partial charge >= 0.3 is 5.97 Å². The van der Waals surface area contributed by atoms with E-state index in [9.17, 15) is 28.1 Å². The number of amides is 1. The van der Waals surface area contributed by atoms with E-state index in [1.807, 2.05) is 0 Å². The lowest BCUT2D eigenvalue weighted by Crippen LogP contribution is -2.38. The van der Waals surface area contributed by atoms with E-state index < -0.39 is 39.1 Å². The van der Waals surface area contributed by atoms with Crippen molar-refractivity contribution in [3.05, 3.63) is 63.7 Å². The minimum absolute atomic E-state index is 0.0583. The summed E-state index contributed by atoms with van der Waals surface area (Å²) >= 11 is 0. The molecule has 2 aromatic rings. The number of ether oxygens (including phenoxy) is 1. The van der Waals surface area contributed by atoms with Crippen LogP contribution in [-0.2, 0) is 19.6 Å². The van der Waals surface area contributed by atoms with Crippen LogP contribution in [0.4, 0.5) is 11.4 Å². The van der Waals surface area contributed by atoms with Gasteiger partial charge < -0.3 is 10.1 Å². The summed E-state index contributed by atoms with van der Waals surface area (Å²) in [5, 5.41) is 13.8. The van der Waals surface area contributed by atoms with E-state index in [0.717, 1.165) is 32.1 Å². The molecule has 0 radical (unpaired) electrons. The fourth-order valence-electron chi connectivity index (χ4n) is 4.05. The second-order valence-corrected chi connectivity index (χ2v) is 10.1. The first kappa shape index (κ1) is 25.3. The van der Waals surface area contributed by atoms with Crippen LogP contribution in [0.1, 0.15) is 48.0 Å². The van der Waals surface area contributed by atoms with Crippen molar-refractivity contribution in [3.63, 3.8) is 0 Å². The van der Waals surface area contributed by atoms with Gasteiger partial charge in [-0.2, -0.15) is 4.31 Å². The zero-order chi connectivity index (χ0) is 24.9. The van der Waals surface area contributed by atoms with Crippen molar-refractivity contribution in [2.75, 3.05) is 19.0 Å². The molecule has 0 aliphatic heterocycles. The molecule has 34 heavy (non-hydrogen) atoms. The first-order chi connectivity index (χ1) is 16.1. The van der Waals surface area contributed by atoms with Crippen LogP contribution in [0.3, 0.4) is 0 Å². The average Bonchev–Trinajstić information content (AvgIpc) is 2.82. The van der Waals surface area contributed by atoms with Gasteiger partial charge in [-0.1, -0.05) is 43.5 Å². The van der Waals surface area contributed by atoms with Crippen LogP contribution in [-0.4, -0.2) is 49.2 Å². The minimum atomic E-state index is -3.87. The van der Waals surface area contributed by atoms with E-state index in [2.05, 4.69) is 5.32 Å². The molecule has 0 bridgehead atoms. The minimum Gasteiger partial charge on any atom is -0.452 e. The topological polar surface area (TPSA) is 136 Å². The van der Waals surface area contributed by atoms with Crippen molar-refractivity contribution >= 4 is 33.3 Å². The first-order valence-corrected chi connectivity index (χ1v) is 12.3. The van der Waals surface area contributed by atoms with Crippen LogP contribution in [0.15, 0.2) is 47.4 Å². The van der Waals surface area contributed by atoms with Gasteiger partial charge in [-0.25, -0.2) is 13.2 Å². The van der Waals surface area contributed by atoms with Crippen molar-refractivity contribution in [3.8, 4) is 0 Å². The Kier molecular flexibility index (Phi) is 8.00. The van der Waals surface area contributed by atoms with Crippen LogP contribution in [0.5, 0.6) is 0 Å². The number of benzene rings is 2. The quantitative estimate of drug-likeness (QED) is 0.339. The smallest absolute Gasteiger partial charge is 0.345 e. The Morgan fingerprint density at radius 1 is 1.12 bits per heavy atom. The number of nitro benzene ring substituents is 1. The molecule has 1 aliphatic carbocycles. The number of nitrogens with one attached hydrogen (secondary N) is 1. The van der Waals surface area contributed by atoms with Gasteiger partial charge in [0.2, 0.25) is 10.0 Å². The number of hydrogen-bond acceptors (Lipinski definition) is 7. The van der Waals surface area contributed by atoms with Crippen molar-refractivity contribution in [2.45, 2.75) is 50.0 Å². The molecular weight excluding hydrogens is 462 g/mol. The number of para-hydroxylation sites is 2. The molecule has 0 atom stereocenters. The van der Waals surface area contributed by atoms with Gasteiger partial charge in [-0.15, -0.1) is 0 Å². The largest absolute Gasteiger partial charge is 0.452 e. The number of aryl methyl sites for hydroxylation is 1. The summed E-state index contributed by atoms with van der Waals surface area (Å²) in [5.74, 6) is -1.80. The Morgan fingerprint density at radius 3 is 2.47 bits per heavy atom. The molecule has 1 fully saturated rings. The average molecular weight is 490 g/mol. The summed E-state index contributed by atoms with van der Waals surface area (Å²) in [7, 11) is -2.33. The molecule has 1 N–H and O–H groups in total. The van der Waals surface area contributed by atoms with Crippen molar-refractivity contribution < 1.29 is 27.7 Å². The van der Waals surface area contributed by atoms with Gasteiger partial charge in [0.15, 0.2) is 6.61 Å². The van der Waals surface area contributed by atoms with Gasteiger partial charge in [0.05, 0.1) is 10.6 Å². The van der Waals surface area contributed by atoms with E-state index in [-0.39, 0.29) is 27.8 Å². The second kappa shape index (κ2) is 10.7. The lowest BCUT2D eigenvalue weighted by molar-refractivity contribution is -0.385. The van der Waals surface area contributed by atoms with Crippen LogP contribution < -0.4 is 5.32 Å². The van der Waals surface area contributed by atoms with E-state index in [1.165, 1.54) is 41.6 Å². The summed E-state index contributed by atoms with van der Waals surface area (Å²) in [6.45, 7) is 0.750. The standard InChI is InChI=1S/C23H27N3O7S/c1-16-9-8-12-18(22(16)26(29)30)23(28)33-15-21(27)24-19-13-6-7-14-20(19)34(31,32)25(2)17-10-4-3-5-11-17/h6-9,12-14,17H,3-5,10-11,15H2,1-2H3,(H,24,27). The molecule has 0 heterocycles. The lowest BCUT2D eigenvalue weighted by Gasteiger charge is -2.30. The predicted octanol–water partition coefficient (Wildman–Crippen LogP) is 3.65. The molecule has 0 unspecified atom stereocenters. The fourth-order valence-corrected chi connectivity index (χ4v) is 5.61. The van der Waals surface area contributed by atoms with E-state index in [0.29, 0.717) is 0 Å². The molecule has 0 spiro atoms. The van der Waals surface area contributed by atoms with E-state index in [4.69, 9.17) is 4.74 Å². The zero-order valence-electron chi connectivity index (χ0n) is 19.0. The van der Waals surface area contributed by atoms with Crippen LogP contribution in [0, 0.1) is 17.0 Å². The normalized spacial score (nSPS) is 14.6. The van der Waals surface area contributed by atoms with E-state index >= 15 is 0 Å². The second-order valence-electron chi connectivity index (χ2n) is 8.16. The summed E-state index contributed by atoms with van der Waals surface area (Å²) < 4.78 is 32.8. The molecule has 1 amide bonds. The number of nitrogens with zero attached hydrogens (tertiary/aromatic N) is 2. The number of nitro groups is 1. The maximum Gasteiger partial charge on any atom is 0.345 e. The predicted molar refractivity (Wildman–Crippen MR) is 125 cm³/mol. The summed E-state index contributed by atoms with van der Waals surface area (Å²) in [5.41, 5.74) is -0.317. The van der Waals surface area contributed by atoms with Crippen molar-refractivity contribution in [1.29, 1.82) is 0 Å². The van der Waals surface area contributed by atoms with Crippen LogP contribution in [0.2, 0.25) is 0 Å². The van der Waals surface area contributed by atoms with Crippen molar-refractivity contribution in [2.24, 2.45) is 0 Å². The van der Waals surface area contributed by atoms with Gasteiger partial charge in [0, 0.05) is 18.7 Å². The van der Waals surface area contributed by atoms with Crippen LogP contribution in [0.25, 0.3) is 0 Å². The Morgan fingerprint density at radius 2 is 1.79 bits per heavy atom. The summed E-state index contributed by atoms with van der Waals surface area (Å²) in [6, 6.07) is 10.1. The van der Waals surface area contributed by atoms with Crippen molar-refractivity contribution in [1.82, 2.24) is 4.31 Å². The number of carbonyl (C=O) groups excluding carboxylic acids is 2. The third kappa shape index (κ3) is 5.60.